The van der Waals surface area contributed by atoms with E-state index < -0.39 is 11.9 Å². The number of hydroxylamine groups is 1. The normalized spacial score (nSPS) is 19.7. The van der Waals surface area contributed by atoms with Crippen molar-refractivity contribution in [3.05, 3.63) is 0 Å². The summed E-state index contributed by atoms with van der Waals surface area (Å²) in [5.74, 6) is -2.61. The van der Waals surface area contributed by atoms with Gasteiger partial charge in [0.25, 0.3) is 5.91 Å². The Kier molecular flexibility index (Phi) is 10.5. The van der Waals surface area contributed by atoms with Crippen molar-refractivity contribution in [3.8, 4) is 0 Å². The summed E-state index contributed by atoms with van der Waals surface area (Å²) >= 11 is 0. The zero-order valence-corrected chi connectivity index (χ0v) is 17.2. The molecule has 0 bridgehead atoms. The molecule has 3 unspecified atom stereocenters. The minimum atomic E-state index is -1.67. The molecule has 0 aliphatic rings. The number of hydrogen-bond acceptors (Lipinski definition) is 9. The summed E-state index contributed by atoms with van der Waals surface area (Å²) in [7, 11) is 7.28. The molecular formula is C15H40N7O3+. The van der Waals surface area contributed by atoms with E-state index in [0.29, 0.717) is 26.2 Å². The fourth-order valence-corrected chi connectivity index (χ4v) is 3.62. The van der Waals surface area contributed by atoms with Crippen LogP contribution < -0.4 is 21.8 Å². The zero-order valence-electron chi connectivity index (χ0n) is 17.2. The first-order chi connectivity index (χ1) is 11.8. The van der Waals surface area contributed by atoms with Gasteiger partial charge in [0.05, 0.1) is 6.61 Å². The second-order valence-corrected chi connectivity index (χ2v) is 5.91. The van der Waals surface area contributed by atoms with Crippen molar-refractivity contribution in [1.82, 2.24) is 26.0 Å². The highest BCUT2D eigenvalue weighted by Crippen LogP contribution is 2.34. The predicted molar refractivity (Wildman–Crippen MR) is 97.7 cm³/mol. The van der Waals surface area contributed by atoms with Crippen molar-refractivity contribution in [3.63, 3.8) is 0 Å². The van der Waals surface area contributed by atoms with Gasteiger partial charge >= 0.3 is 5.97 Å². The Morgan fingerprint density at radius 3 is 2.00 bits per heavy atom. The second kappa shape index (κ2) is 10.7. The molecule has 0 saturated heterocycles. The van der Waals surface area contributed by atoms with Crippen molar-refractivity contribution in [2.75, 3.05) is 61.2 Å². The first kappa shape index (κ1) is 24.6. The lowest BCUT2D eigenvalue weighted by Crippen LogP contribution is -2.95. The minimum absolute atomic E-state index is 0.120. The molecule has 10 heteroatoms. The van der Waals surface area contributed by atoms with Gasteiger partial charge in [0.1, 0.15) is 0 Å². The molecular weight excluding hydrogens is 326 g/mol. The van der Waals surface area contributed by atoms with E-state index in [2.05, 4.69) is 21.1 Å². The van der Waals surface area contributed by atoms with Crippen LogP contribution in [-0.2, 0) is 9.47 Å². The van der Waals surface area contributed by atoms with Crippen LogP contribution in [0, 0.1) is 0 Å². The molecule has 0 saturated carbocycles. The van der Waals surface area contributed by atoms with E-state index in [1.165, 1.54) is 0 Å². The molecule has 0 fully saturated rings. The maximum absolute atomic E-state index is 10.1. The van der Waals surface area contributed by atoms with Crippen LogP contribution in [-0.4, -0.2) is 92.8 Å². The third-order valence-corrected chi connectivity index (χ3v) is 4.56. The Labute approximate surface area is 152 Å². The highest BCUT2D eigenvalue weighted by atomic mass is 16.6. The molecule has 25 heavy (non-hydrogen) atoms. The van der Waals surface area contributed by atoms with Gasteiger partial charge in [-0.1, -0.05) is 6.92 Å². The zero-order chi connectivity index (χ0) is 19.7. The highest BCUT2D eigenvalue weighted by Gasteiger charge is 2.68. The van der Waals surface area contributed by atoms with Crippen LogP contribution in [0.5, 0.6) is 0 Å². The molecule has 0 aromatic heterocycles. The third-order valence-electron chi connectivity index (χ3n) is 4.56. The van der Waals surface area contributed by atoms with Crippen molar-refractivity contribution in [1.29, 1.82) is 0 Å². The van der Waals surface area contributed by atoms with Crippen molar-refractivity contribution in [2.45, 2.75) is 39.6 Å². The van der Waals surface area contributed by atoms with Crippen LogP contribution in [0.4, 0.5) is 0 Å². The summed E-state index contributed by atoms with van der Waals surface area (Å²) in [6, 6.07) is 0. The number of nitrogens with two attached hydrogens (primary N) is 1. The van der Waals surface area contributed by atoms with Gasteiger partial charge in [-0.3, -0.25) is 4.74 Å². The SMILES string of the molecule is CCNC(NC)(N(C)C)[N+](COC)(N(CC)CC)C(N)(NO)OCC. The topological polar surface area (TPSA) is 107 Å². The minimum Gasteiger partial charge on any atom is -0.333 e. The van der Waals surface area contributed by atoms with Crippen molar-refractivity contribution >= 4 is 0 Å². The number of hydrogen-bond donors (Lipinski definition) is 5. The Hall–Kier alpha value is -0.400. The third kappa shape index (κ3) is 4.14. The quantitative estimate of drug-likeness (QED) is 0.154. The monoisotopic (exact) mass is 366 g/mol. The van der Waals surface area contributed by atoms with Crippen molar-refractivity contribution in [2.24, 2.45) is 5.73 Å². The summed E-state index contributed by atoms with van der Waals surface area (Å²) in [5, 5.41) is 18.9. The fourth-order valence-electron chi connectivity index (χ4n) is 3.62. The van der Waals surface area contributed by atoms with E-state index >= 15 is 0 Å². The maximum atomic E-state index is 10.1. The summed E-state index contributed by atoms with van der Waals surface area (Å²) in [6.45, 7) is 10.3. The molecule has 0 aromatic rings. The molecule has 0 rings (SSSR count). The van der Waals surface area contributed by atoms with Crippen LogP contribution in [0.3, 0.4) is 0 Å². The maximum Gasteiger partial charge on any atom is 0.371 e. The van der Waals surface area contributed by atoms with Gasteiger partial charge in [-0.05, 0) is 41.9 Å². The average Bonchev–Trinajstić information content (AvgIpc) is 2.59. The van der Waals surface area contributed by atoms with Gasteiger partial charge < -0.3 is 9.94 Å². The van der Waals surface area contributed by atoms with Crippen LogP contribution in [0.2, 0.25) is 0 Å². The molecule has 10 nitrogen and oxygen atoms in total. The molecule has 0 spiro atoms. The van der Waals surface area contributed by atoms with Crippen molar-refractivity contribution < 1.29 is 19.3 Å². The van der Waals surface area contributed by atoms with Crippen LogP contribution >= 0.6 is 0 Å². The molecule has 0 amide bonds. The molecule has 3 atom stereocenters. The van der Waals surface area contributed by atoms with E-state index in [1.807, 2.05) is 53.7 Å². The van der Waals surface area contributed by atoms with E-state index in [0.717, 1.165) is 0 Å². The standard InChI is InChI=1S/C15H40N7O3/c1-9-18-15(17-5,20(6)7)22(13-24-8,21(10-2)11-3)14(16,19-23)25-12-4/h17-19,23H,9-13,16H2,1-8H3/q+1. The van der Waals surface area contributed by atoms with E-state index in [1.54, 1.807) is 7.11 Å². The Bertz CT molecular complexity index is 373. The van der Waals surface area contributed by atoms with Crippen LogP contribution in [0.1, 0.15) is 27.7 Å². The summed E-state index contributed by atoms with van der Waals surface area (Å²) < 4.78 is 11.3. The Morgan fingerprint density at radius 1 is 1.16 bits per heavy atom. The largest absolute Gasteiger partial charge is 0.371 e. The predicted octanol–water partition coefficient (Wildman–Crippen LogP) is -0.749. The van der Waals surface area contributed by atoms with E-state index in [-0.39, 0.29) is 11.3 Å². The van der Waals surface area contributed by atoms with Crippen LogP contribution in [0.15, 0.2) is 0 Å². The first-order valence-corrected chi connectivity index (χ1v) is 8.85. The molecule has 0 aromatic carbocycles. The molecule has 0 aliphatic heterocycles. The molecule has 6 N–H and O–H groups in total. The van der Waals surface area contributed by atoms with E-state index in [9.17, 15) is 5.21 Å². The van der Waals surface area contributed by atoms with Gasteiger partial charge in [-0.15, -0.1) is 15.1 Å². The molecule has 0 aliphatic carbocycles. The second-order valence-electron chi connectivity index (χ2n) is 5.91. The summed E-state index contributed by atoms with van der Waals surface area (Å²) in [6.07, 6.45) is 0. The van der Waals surface area contributed by atoms with Gasteiger partial charge in [0.2, 0.25) is 6.73 Å². The lowest BCUT2D eigenvalue weighted by atomic mass is 10.3. The fraction of sp³-hybridized carbons (Fsp3) is 1.00. The first-order valence-electron chi connectivity index (χ1n) is 8.85. The molecule has 152 valence electrons. The average molecular weight is 367 g/mol. The van der Waals surface area contributed by atoms with Gasteiger partial charge in [0, 0.05) is 26.7 Å². The number of nitrogens with zero attached hydrogens (tertiary/aromatic N) is 3. The number of nitrogens with one attached hydrogen (secondary N) is 3. The highest BCUT2D eigenvalue weighted by molar-refractivity contribution is 4.76. The summed E-state index contributed by atoms with van der Waals surface area (Å²) in [4.78, 5) is 1.96. The van der Waals surface area contributed by atoms with E-state index in [4.69, 9.17) is 15.2 Å². The lowest BCUT2D eigenvalue weighted by molar-refractivity contribution is -1.16. The number of rotatable bonds is 14. The Morgan fingerprint density at radius 2 is 1.72 bits per heavy atom. The smallest absolute Gasteiger partial charge is 0.333 e. The molecule has 0 heterocycles. The van der Waals surface area contributed by atoms with Gasteiger partial charge in [0.15, 0.2) is 0 Å². The number of ether oxygens (including phenoxy) is 2. The van der Waals surface area contributed by atoms with Gasteiger partial charge in [-0.25, -0.2) is 21.3 Å². The summed E-state index contributed by atoms with van der Waals surface area (Å²) in [5.41, 5.74) is 8.82. The Balaban J connectivity index is 6.90. The van der Waals surface area contributed by atoms with Gasteiger partial charge in [-0.2, -0.15) is 0 Å². The number of methoxy groups -OCH3 is 1. The molecule has 0 radical (unpaired) electrons. The van der Waals surface area contributed by atoms with Crippen LogP contribution in [0.25, 0.3) is 0 Å². The lowest BCUT2D eigenvalue weighted by Gasteiger charge is -2.61. The number of quaternary nitrogens is 1.